The average Bonchev–Trinajstić information content (AvgIpc) is 3.68. The van der Waals surface area contributed by atoms with Gasteiger partial charge >= 0.3 is 0 Å². The van der Waals surface area contributed by atoms with Crippen molar-refractivity contribution in [2.75, 3.05) is 0 Å². The molecular weight excluding hydrogens is 1210 g/mol. The highest BCUT2D eigenvalue weighted by Gasteiger charge is 2.04. The van der Waals surface area contributed by atoms with Gasteiger partial charge < -0.3 is 0 Å². The molecule has 0 nitrogen and oxygen atoms in total. The summed E-state index contributed by atoms with van der Waals surface area (Å²) in [6.45, 7) is 4.63. The monoisotopic (exact) mass is 1420 g/mol. The third-order valence-corrected chi connectivity index (χ3v) is 24.7. The summed E-state index contributed by atoms with van der Waals surface area (Å²) >= 11 is 0. The molecule has 0 aromatic rings. The molecular formula is C101H204. The van der Waals surface area contributed by atoms with E-state index >= 15 is 0 Å². The van der Waals surface area contributed by atoms with E-state index in [2.05, 4.69) is 13.8 Å². The van der Waals surface area contributed by atoms with Crippen molar-refractivity contribution in [3.63, 3.8) is 0 Å². The second-order valence-electron chi connectivity index (χ2n) is 35.3. The Morgan fingerprint density at radius 1 is 0.0495 bits per heavy atom. The predicted molar refractivity (Wildman–Crippen MR) is 468 cm³/mol. The molecule has 0 aliphatic carbocycles. The highest BCUT2D eigenvalue weighted by molar-refractivity contribution is 4.60. The zero-order chi connectivity index (χ0) is 72.0. The van der Waals surface area contributed by atoms with Crippen LogP contribution in [0.2, 0.25) is 0 Å². The highest BCUT2D eigenvalue weighted by Crippen LogP contribution is 2.24. The van der Waals surface area contributed by atoms with Crippen LogP contribution >= 0.6 is 0 Å². The quantitative estimate of drug-likeness (QED) is 0.0533. The molecule has 0 aliphatic rings. The van der Waals surface area contributed by atoms with Crippen LogP contribution in [0.3, 0.4) is 0 Å². The van der Waals surface area contributed by atoms with Crippen LogP contribution in [0.5, 0.6) is 0 Å². The molecule has 0 radical (unpaired) electrons. The Bertz CT molecular complexity index is 1210. The van der Waals surface area contributed by atoms with E-state index in [0.717, 1.165) is 0 Å². The van der Waals surface area contributed by atoms with Gasteiger partial charge in [-0.25, -0.2) is 0 Å². The number of unbranched alkanes of at least 4 members (excludes halogenated alkanes) is 98. The summed E-state index contributed by atoms with van der Waals surface area (Å²) in [6, 6.07) is 0. The van der Waals surface area contributed by atoms with Crippen molar-refractivity contribution in [3.8, 4) is 0 Å². The molecule has 0 N–H and O–H groups in total. The maximum atomic E-state index is 2.32. The summed E-state index contributed by atoms with van der Waals surface area (Å²) < 4.78 is 0. The Labute approximate surface area is 645 Å². The Hall–Kier alpha value is 0. The third-order valence-electron chi connectivity index (χ3n) is 24.7. The maximum absolute atomic E-state index is 2.32. The largest absolute Gasteiger partial charge is 0.0654 e. The molecule has 0 unspecified atom stereocenters. The summed E-state index contributed by atoms with van der Waals surface area (Å²) in [7, 11) is 0. The summed E-state index contributed by atoms with van der Waals surface area (Å²) in [5.41, 5.74) is 0. The van der Waals surface area contributed by atoms with Gasteiger partial charge in [-0.3, -0.25) is 0 Å². The lowest BCUT2D eigenvalue weighted by atomic mass is 10.0. The van der Waals surface area contributed by atoms with Crippen molar-refractivity contribution < 1.29 is 0 Å². The summed E-state index contributed by atoms with van der Waals surface area (Å²) in [4.78, 5) is 0. The van der Waals surface area contributed by atoms with Gasteiger partial charge in [0.25, 0.3) is 0 Å². The molecule has 0 fully saturated rings. The van der Waals surface area contributed by atoms with Gasteiger partial charge in [-0.05, 0) is 0 Å². The zero-order valence-corrected chi connectivity index (χ0v) is 72.0. The maximum Gasteiger partial charge on any atom is -0.0533 e. The zero-order valence-electron chi connectivity index (χ0n) is 72.0. The van der Waals surface area contributed by atoms with Crippen LogP contribution < -0.4 is 0 Å². The summed E-state index contributed by atoms with van der Waals surface area (Å²) in [5, 5.41) is 0. The summed E-state index contributed by atoms with van der Waals surface area (Å²) in [6.07, 6.45) is 148. The van der Waals surface area contributed by atoms with Gasteiger partial charge in [-0.1, -0.05) is 650 Å². The van der Waals surface area contributed by atoms with Crippen molar-refractivity contribution in [1.29, 1.82) is 0 Å². The molecule has 0 heteroatoms. The van der Waals surface area contributed by atoms with E-state index in [9.17, 15) is 0 Å². The van der Waals surface area contributed by atoms with Crippen molar-refractivity contribution in [3.05, 3.63) is 0 Å². The van der Waals surface area contributed by atoms with Gasteiger partial charge in [0.2, 0.25) is 0 Å². The van der Waals surface area contributed by atoms with E-state index in [1.807, 2.05) is 0 Å². The molecule has 0 aromatic carbocycles. The van der Waals surface area contributed by atoms with Crippen LogP contribution in [0, 0.1) is 0 Å². The normalized spacial score (nSPS) is 11.8. The molecule has 608 valence electrons. The minimum Gasteiger partial charge on any atom is -0.0654 e. The van der Waals surface area contributed by atoms with Crippen molar-refractivity contribution in [2.24, 2.45) is 0 Å². The number of hydrogen-bond donors (Lipinski definition) is 0. The molecule has 0 aromatic heterocycles. The molecule has 0 saturated heterocycles. The van der Waals surface area contributed by atoms with Crippen LogP contribution in [0.4, 0.5) is 0 Å². The van der Waals surface area contributed by atoms with E-state index in [1.54, 1.807) is 0 Å². The van der Waals surface area contributed by atoms with Crippen LogP contribution in [-0.2, 0) is 0 Å². The van der Waals surface area contributed by atoms with Crippen molar-refractivity contribution in [1.82, 2.24) is 0 Å². The molecule has 0 amide bonds. The van der Waals surface area contributed by atoms with Crippen LogP contribution in [0.15, 0.2) is 0 Å². The predicted octanol–water partition coefficient (Wildman–Crippen LogP) is 39.6. The van der Waals surface area contributed by atoms with Crippen molar-refractivity contribution >= 4 is 0 Å². The number of hydrogen-bond acceptors (Lipinski definition) is 0. The molecule has 0 rings (SSSR count). The fraction of sp³-hybridized carbons (Fsp3) is 1.00. The SMILES string of the molecule is CCCCCCCCCCCCCCCCCCCCCCCCCCCCCCCCCCCCCCCCCCCCCCCCCCCCCCCCCCCCCCCCCCCCCCCCCCCCCCCCCCCCCCCCCCCCCCCCCCCCC. The van der Waals surface area contributed by atoms with E-state index < -0.39 is 0 Å². The molecule has 0 spiro atoms. The lowest BCUT2D eigenvalue weighted by molar-refractivity contribution is 0.505. The fourth-order valence-corrected chi connectivity index (χ4v) is 17.3. The second-order valence-corrected chi connectivity index (χ2v) is 35.3. The first-order valence-corrected chi connectivity index (χ1v) is 50.4. The molecule has 0 bridgehead atoms. The Kier molecular flexibility index (Phi) is 100. The lowest BCUT2D eigenvalue weighted by Crippen LogP contribution is -1.85. The Morgan fingerprint density at radius 3 is 0.109 bits per heavy atom. The smallest absolute Gasteiger partial charge is 0.0533 e. The second kappa shape index (κ2) is 100. The van der Waals surface area contributed by atoms with E-state index in [4.69, 9.17) is 0 Å². The fourth-order valence-electron chi connectivity index (χ4n) is 17.3. The van der Waals surface area contributed by atoms with Gasteiger partial charge in [0.05, 0.1) is 0 Å². The first-order valence-electron chi connectivity index (χ1n) is 50.4. The average molecular weight is 1420 g/mol. The van der Waals surface area contributed by atoms with Crippen LogP contribution in [0.1, 0.15) is 650 Å². The number of rotatable bonds is 98. The lowest BCUT2D eigenvalue weighted by Gasteiger charge is -2.05. The van der Waals surface area contributed by atoms with Gasteiger partial charge in [0.15, 0.2) is 0 Å². The van der Waals surface area contributed by atoms with Crippen LogP contribution in [-0.4, -0.2) is 0 Å². The van der Waals surface area contributed by atoms with E-state index in [-0.39, 0.29) is 0 Å². The summed E-state index contributed by atoms with van der Waals surface area (Å²) in [5.74, 6) is 0. The minimum atomic E-state index is 1.37. The van der Waals surface area contributed by atoms with E-state index in [1.165, 1.54) is 636 Å². The minimum absolute atomic E-state index is 1.37. The first-order chi connectivity index (χ1) is 50.4. The molecule has 0 heterocycles. The van der Waals surface area contributed by atoms with Gasteiger partial charge in [-0.2, -0.15) is 0 Å². The van der Waals surface area contributed by atoms with Gasteiger partial charge in [-0.15, -0.1) is 0 Å². The van der Waals surface area contributed by atoms with Gasteiger partial charge in [0.1, 0.15) is 0 Å². The third kappa shape index (κ3) is 100. The first kappa shape index (κ1) is 101. The van der Waals surface area contributed by atoms with Crippen LogP contribution in [0.25, 0.3) is 0 Å². The molecule has 101 heavy (non-hydrogen) atoms. The Balaban J connectivity index is 3.09. The highest BCUT2D eigenvalue weighted by atomic mass is 14.1. The van der Waals surface area contributed by atoms with Crippen molar-refractivity contribution in [2.45, 2.75) is 650 Å². The Morgan fingerprint density at radius 2 is 0.0792 bits per heavy atom. The molecule has 0 aliphatic heterocycles. The standard InChI is InChI=1S/C101H204/c1-3-5-7-9-11-13-15-17-19-21-23-25-27-29-31-33-35-37-39-41-43-45-47-49-51-53-55-57-59-61-63-65-67-69-71-73-75-77-79-81-83-85-87-89-91-93-95-97-99-101-100-98-96-94-92-90-88-86-84-82-80-78-76-74-72-70-68-66-64-62-60-58-56-54-52-50-48-46-44-42-40-38-36-34-32-30-28-26-24-22-20-18-16-14-12-10-8-6-4-2/h3-101H2,1-2H3. The topological polar surface area (TPSA) is 0 Å². The molecule has 0 atom stereocenters. The van der Waals surface area contributed by atoms with E-state index in [0.29, 0.717) is 0 Å². The molecule has 0 saturated carbocycles. The van der Waals surface area contributed by atoms with Gasteiger partial charge in [0, 0.05) is 0 Å².